The third-order valence-electron chi connectivity index (χ3n) is 5.30. The molecular formula is C23H23ClN4O2S. The van der Waals surface area contributed by atoms with Gasteiger partial charge in [0.2, 0.25) is 0 Å². The number of rotatable bonds is 8. The van der Waals surface area contributed by atoms with Crippen LogP contribution in [0.25, 0.3) is 11.4 Å². The highest BCUT2D eigenvalue weighted by Gasteiger charge is 2.26. The zero-order valence-corrected chi connectivity index (χ0v) is 18.5. The Balaban J connectivity index is 1.44. The SMILES string of the molecule is N#Cc1ccc(OCC(O)CSc2nnc(-c3ccccc3Cl)n2C2CCCC2)cc1. The van der Waals surface area contributed by atoms with Gasteiger partial charge < -0.3 is 9.84 Å². The lowest BCUT2D eigenvalue weighted by Gasteiger charge is -2.18. The molecule has 0 spiro atoms. The molecule has 0 aliphatic heterocycles. The number of aliphatic hydroxyl groups is 1. The zero-order chi connectivity index (χ0) is 21.6. The first-order chi connectivity index (χ1) is 15.2. The summed E-state index contributed by atoms with van der Waals surface area (Å²) in [7, 11) is 0. The van der Waals surface area contributed by atoms with Crippen LogP contribution >= 0.6 is 23.4 Å². The third-order valence-corrected chi connectivity index (χ3v) is 6.72. The van der Waals surface area contributed by atoms with Gasteiger partial charge in [0, 0.05) is 17.4 Å². The van der Waals surface area contributed by atoms with Crippen LogP contribution in [-0.4, -0.2) is 38.3 Å². The number of aliphatic hydroxyl groups excluding tert-OH is 1. The van der Waals surface area contributed by atoms with E-state index < -0.39 is 6.10 Å². The van der Waals surface area contributed by atoms with Crippen molar-refractivity contribution in [2.24, 2.45) is 0 Å². The molecule has 0 bridgehead atoms. The van der Waals surface area contributed by atoms with Crippen LogP contribution in [0.4, 0.5) is 0 Å². The summed E-state index contributed by atoms with van der Waals surface area (Å²) in [6.45, 7) is 0.161. The summed E-state index contributed by atoms with van der Waals surface area (Å²) >= 11 is 7.91. The van der Waals surface area contributed by atoms with E-state index in [2.05, 4.69) is 20.8 Å². The maximum Gasteiger partial charge on any atom is 0.191 e. The summed E-state index contributed by atoms with van der Waals surface area (Å²) in [4.78, 5) is 0. The molecule has 0 saturated heterocycles. The number of hydrogen-bond acceptors (Lipinski definition) is 6. The van der Waals surface area contributed by atoms with Crippen LogP contribution in [0.1, 0.15) is 37.3 Å². The Labute approximate surface area is 190 Å². The second-order valence-electron chi connectivity index (χ2n) is 7.51. The fourth-order valence-electron chi connectivity index (χ4n) is 3.73. The Bertz CT molecular complexity index is 1060. The molecule has 1 unspecified atom stereocenters. The Morgan fingerprint density at radius 1 is 1.16 bits per heavy atom. The predicted molar refractivity (Wildman–Crippen MR) is 121 cm³/mol. The van der Waals surface area contributed by atoms with Gasteiger partial charge >= 0.3 is 0 Å². The summed E-state index contributed by atoms with van der Waals surface area (Å²) < 4.78 is 7.83. The van der Waals surface area contributed by atoms with Crippen LogP contribution in [0.2, 0.25) is 5.02 Å². The van der Waals surface area contributed by atoms with Crippen molar-refractivity contribution in [1.82, 2.24) is 14.8 Å². The minimum Gasteiger partial charge on any atom is -0.491 e. The molecule has 3 aromatic rings. The fourth-order valence-corrected chi connectivity index (χ4v) is 4.86. The molecule has 1 aliphatic rings. The zero-order valence-electron chi connectivity index (χ0n) is 16.9. The van der Waals surface area contributed by atoms with Crippen molar-refractivity contribution >= 4 is 23.4 Å². The van der Waals surface area contributed by atoms with Crippen LogP contribution < -0.4 is 4.74 Å². The molecule has 1 N–H and O–H groups in total. The predicted octanol–water partition coefficient (Wildman–Crippen LogP) is 5.12. The summed E-state index contributed by atoms with van der Waals surface area (Å²) in [6.07, 6.45) is 3.89. The summed E-state index contributed by atoms with van der Waals surface area (Å²) in [5, 5.41) is 29.6. The summed E-state index contributed by atoms with van der Waals surface area (Å²) in [5.41, 5.74) is 1.45. The normalized spacial score (nSPS) is 15.0. The largest absolute Gasteiger partial charge is 0.491 e. The molecule has 8 heteroatoms. The van der Waals surface area contributed by atoms with Crippen molar-refractivity contribution in [1.29, 1.82) is 5.26 Å². The first kappa shape index (κ1) is 21.7. The van der Waals surface area contributed by atoms with Crippen LogP contribution in [0.15, 0.2) is 53.7 Å². The van der Waals surface area contributed by atoms with Gasteiger partial charge in [-0.1, -0.05) is 48.3 Å². The van der Waals surface area contributed by atoms with E-state index in [9.17, 15) is 5.11 Å². The highest BCUT2D eigenvalue weighted by atomic mass is 35.5. The molecule has 1 aliphatic carbocycles. The number of nitrogens with zero attached hydrogens (tertiary/aromatic N) is 4. The highest BCUT2D eigenvalue weighted by molar-refractivity contribution is 7.99. The van der Waals surface area contributed by atoms with E-state index in [0.29, 0.717) is 28.1 Å². The van der Waals surface area contributed by atoms with Gasteiger partial charge in [-0.2, -0.15) is 5.26 Å². The van der Waals surface area contributed by atoms with Gasteiger partial charge in [-0.3, -0.25) is 4.57 Å². The van der Waals surface area contributed by atoms with E-state index >= 15 is 0 Å². The van der Waals surface area contributed by atoms with Crippen molar-refractivity contribution in [2.45, 2.75) is 43.0 Å². The maximum atomic E-state index is 10.4. The smallest absolute Gasteiger partial charge is 0.191 e. The Kier molecular flexibility index (Phi) is 7.13. The fraction of sp³-hybridized carbons (Fsp3) is 0.348. The topological polar surface area (TPSA) is 84.0 Å². The highest BCUT2D eigenvalue weighted by Crippen LogP contribution is 2.38. The molecule has 4 rings (SSSR count). The van der Waals surface area contributed by atoms with Gasteiger partial charge in [-0.25, -0.2) is 0 Å². The van der Waals surface area contributed by atoms with Gasteiger partial charge in [0.05, 0.1) is 22.8 Å². The number of ether oxygens (including phenoxy) is 1. The quantitative estimate of drug-likeness (QED) is 0.476. The van der Waals surface area contributed by atoms with Gasteiger partial charge in [0.25, 0.3) is 0 Å². The van der Waals surface area contributed by atoms with Crippen LogP contribution in [0.5, 0.6) is 5.75 Å². The van der Waals surface area contributed by atoms with Crippen molar-refractivity contribution in [3.8, 4) is 23.2 Å². The third kappa shape index (κ3) is 5.21. The molecule has 31 heavy (non-hydrogen) atoms. The van der Waals surface area contributed by atoms with Gasteiger partial charge in [-0.15, -0.1) is 10.2 Å². The molecule has 1 saturated carbocycles. The van der Waals surface area contributed by atoms with E-state index in [0.717, 1.165) is 29.4 Å². The number of thioether (sulfide) groups is 1. The monoisotopic (exact) mass is 454 g/mol. The second kappa shape index (κ2) is 10.2. The average molecular weight is 455 g/mol. The molecule has 6 nitrogen and oxygen atoms in total. The van der Waals surface area contributed by atoms with Crippen molar-refractivity contribution < 1.29 is 9.84 Å². The summed E-state index contributed by atoms with van der Waals surface area (Å²) in [6, 6.07) is 16.9. The molecule has 1 fully saturated rings. The first-order valence-corrected chi connectivity index (χ1v) is 11.7. The van der Waals surface area contributed by atoms with Crippen molar-refractivity contribution in [2.75, 3.05) is 12.4 Å². The minimum atomic E-state index is -0.668. The van der Waals surface area contributed by atoms with E-state index in [-0.39, 0.29) is 6.61 Å². The lowest BCUT2D eigenvalue weighted by atomic mass is 10.2. The van der Waals surface area contributed by atoms with E-state index in [1.807, 2.05) is 24.3 Å². The molecule has 1 aromatic heterocycles. The molecule has 1 atom stereocenters. The number of benzene rings is 2. The molecule has 160 valence electrons. The van der Waals surface area contributed by atoms with E-state index in [1.165, 1.54) is 24.6 Å². The van der Waals surface area contributed by atoms with Gasteiger partial charge in [0.15, 0.2) is 11.0 Å². The van der Waals surface area contributed by atoms with Crippen LogP contribution in [0, 0.1) is 11.3 Å². The molecule has 0 radical (unpaired) electrons. The standard InChI is InChI=1S/C23H23ClN4O2S/c24-21-8-4-3-7-20(21)22-26-27-23(28(22)17-5-1-2-6-17)31-15-18(29)14-30-19-11-9-16(13-25)10-12-19/h3-4,7-12,17-18,29H,1-2,5-6,14-15H2. The molecule has 1 heterocycles. The number of aromatic nitrogens is 3. The van der Waals surface area contributed by atoms with Gasteiger partial charge in [0.1, 0.15) is 12.4 Å². The Hall–Kier alpha value is -2.53. The van der Waals surface area contributed by atoms with Crippen molar-refractivity contribution in [3.63, 3.8) is 0 Å². The lowest BCUT2D eigenvalue weighted by molar-refractivity contribution is 0.126. The van der Waals surface area contributed by atoms with Crippen LogP contribution in [-0.2, 0) is 0 Å². The van der Waals surface area contributed by atoms with Crippen LogP contribution in [0.3, 0.4) is 0 Å². The lowest BCUT2D eigenvalue weighted by Crippen LogP contribution is -2.20. The van der Waals surface area contributed by atoms with Crippen molar-refractivity contribution in [3.05, 3.63) is 59.1 Å². The first-order valence-electron chi connectivity index (χ1n) is 10.3. The number of hydrogen-bond donors (Lipinski definition) is 1. The molecule has 0 amide bonds. The number of halogens is 1. The molecule has 2 aromatic carbocycles. The Morgan fingerprint density at radius 3 is 2.61 bits per heavy atom. The summed E-state index contributed by atoms with van der Waals surface area (Å²) in [5.74, 6) is 1.84. The molecular weight excluding hydrogens is 432 g/mol. The minimum absolute atomic E-state index is 0.161. The maximum absolute atomic E-state index is 10.4. The van der Waals surface area contributed by atoms with E-state index in [4.69, 9.17) is 21.6 Å². The average Bonchev–Trinajstić information content (AvgIpc) is 3.46. The van der Waals surface area contributed by atoms with Gasteiger partial charge in [-0.05, 0) is 49.2 Å². The Morgan fingerprint density at radius 2 is 1.90 bits per heavy atom. The van der Waals surface area contributed by atoms with E-state index in [1.54, 1.807) is 24.3 Å². The number of nitriles is 1. The second-order valence-corrected chi connectivity index (χ2v) is 8.90.